The van der Waals surface area contributed by atoms with E-state index >= 15 is 0 Å². The van der Waals surface area contributed by atoms with Gasteiger partial charge in [-0.25, -0.2) is 0 Å². The predicted octanol–water partition coefficient (Wildman–Crippen LogP) is 10.4. The molecular weight excluding hydrogens is 847 g/mol. The first-order valence-electron chi connectivity index (χ1n) is 25.4. The second-order valence-corrected chi connectivity index (χ2v) is 17.0. The maximum absolute atomic E-state index is 13.3. The van der Waals surface area contributed by atoms with Crippen molar-refractivity contribution in [2.45, 2.75) is 205 Å². The topological polar surface area (TPSA) is 175 Å². The van der Waals surface area contributed by atoms with Crippen molar-refractivity contribution >= 4 is 11.9 Å². The Hall–Kier alpha value is -3.94. The molecule has 0 aromatic rings. The Balaban J connectivity index is 2.86. The second-order valence-electron chi connectivity index (χ2n) is 17.0. The van der Waals surface area contributed by atoms with Gasteiger partial charge in [0.1, 0.15) is 24.4 Å². The van der Waals surface area contributed by atoms with Gasteiger partial charge < -0.3 is 45.1 Å². The lowest BCUT2D eigenvalue weighted by atomic mass is 9.99. The molecule has 0 aromatic heterocycles. The van der Waals surface area contributed by atoms with E-state index in [9.17, 15) is 35.1 Å². The van der Waals surface area contributed by atoms with E-state index in [0.29, 0.717) is 12.8 Å². The summed E-state index contributed by atoms with van der Waals surface area (Å²) in [5.74, 6) is -1.30. The van der Waals surface area contributed by atoms with Crippen LogP contribution in [0.5, 0.6) is 0 Å². The molecule has 11 nitrogen and oxygen atoms in total. The zero-order valence-electron chi connectivity index (χ0n) is 41.2. The van der Waals surface area contributed by atoms with E-state index in [1.165, 1.54) is 38.5 Å². The molecule has 0 saturated carbocycles. The van der Waals surface area contributed by atoms with Gasteiger partial charge in [-0.3, -0.25) is 9.59 Å². The van der Waals surface area contributed by atoms with Crippen molar-refractivity contribution < 1.29 is 49.3 Å². The Bertz CT molecular complexity index is 1540. The van der Waals surface area contributed by atoms with Crippen LogP contribution in [0.4, 0.5) is 0 Å². The van der Waals surface area contributed by atoms with Gasteiger partial charge in [0.25, 0.3) is 0 Å². The van der Waals surface area contributed by atoms with E-state index in [0.717, 1.165) is 70.6 Å². The van der Waals surface area contributed by atoms with Crippen LogP contribution >= 0.6 is 0 Å². The van der Waals surface area contributed by atoms with E-state index in [1.807, 2.05) is 97.2 Å². The van der Waals surface area contributed by atoms with Crippen LogP contribution in [-0.2, 0) is 23.8 Å². The quantitative estimate of drug-likeness (QED) is 0.0151. The summed E-state index contributed by atoms with van der Waals surface area (Å²) in [6.45, 7) is 5.38. The van der Waals surface area contributed by atoms with E-state index < -0.39 is 67.4 Å². The molecule has 0 radical (unpaired) electrons. The van der Waals surface area contributed by atoms with E-state index in [4.69, 9.17) is 14.2 Å². The molecule has 1 aliphatic heterocycles. The Kier molecular flexibility index (Phi) is 39.5. The molecule has 8 atom stereocenters. The van der Waals surface area contributed by atoms with Gasteiger partial charge in [0.15, 0.2) is 12.4 Å². The number of hydrogen-bond donors (Lipinski definition) is 6. The molecule has 8 unspecified atom stereocenters. The number of hydrogen-bond acceptors (Lipinski definition) is 10. The van der Waals surface area contributed by atoms with Crippen molar-refractivity contribution in [3.8, 4) is 0 Å². The molecule has 378 valence electrons. The lowest BCUT2D eigenvalue weighted by Gasteiger charge is -2.41. The first-order valence-corrected chi connectivity index (χ1v) is 25.4. The molecule has 0 aromatic carbocycles. The van der Waals surface area contributed by atoms with Crippen LogP contribution in [0.1, 0.15) is 156 Å². The highest BCUT2D eigenvalue weighted by Crippen LogP contribution is 2.26. The van der Waals surface area contributed by atoms with Crippen LogP contribution in [0.25, 0.3) is 0 Å². The Labute approximate surface area is 404 Å². The summed E-state index contributed by atoms with van der Waals surface area (Å²) in [7, 11) is 0. The van der Waals surface area contributed by atoms with Crippen LogP contribution in [0.15, 0.2) is 122 Å². The molecule has 67 heavy (non-hydrogen) atoms. The lowest BCUT2D eigenvalue weighted by molar-refractivity contribution is -0.305. The van der Waals surface area contributed by atoms with E-state index in [2.05, 4.69) is 44.3 Å². The fourth-order valence-electron chi connectivity index (χ4n) is 7.03. The molecule has 1 amide bonds. The average Bonchev–Trinajstić information content (AvgIpc) is 3.32. The van der Waals surface area contributed by atoms with Crippen molar-refractivity contribution in [1.82, 2.24) is 5.32 Å². The molecule has 0 bridgehead atoms. The molecular formula is C56H89NO10. The standard InChI is InChI=1S/C56H89NO10/c1-4-7-10-13-16-19-22-24-25-26-29-32-35-38-41-44-51(61)67-54-53(63)52(62)50(45-58)66-56(54)65-46-47(48(59)42-39-36-33-30-27-21-18-15-12-9-6-3)57-55(64)49(60)43-40-37-34-31-28-23-20-17-14-11-8-5-2/h7-8,10-11,13-14,16-17,19-20,22-26,28-29,31,39,42,47-50,52-54,56,58-60,62-63H,4-6,9,12,15,18,21,27,30,32-38,40-41,43-46H2,1-3H3,(H,57,64)/b10-7+,11-8+,16-13+,17-14+,22-19-,23-20-,25-24-,29-26+,31-28-,42-39+. The number of esters is 1. The van der Waals surface area contributed by atoms with E-state index in [1.54, 1.807) is 6.08 Å². The molecule has 1 heterocycles. The van der Waals surface area contributed by atoms with Gasteiger partial charge in [-0.2, -0.15) is 0 Å². The van der Waals surface area contributed by atoms with Crippen molar-refractivity contribution in [1.29, 1.82) is 0 Å². The number of aliphatic hydroxyl groups excluding tert-OH is 5. The zero-order chi connectivity index (χ0) is 49.0. The first kappa shape index (κ1) is 61.1. The normalized spacial score (nSPS) is 21.1. The zero-order valence-corrected chi connectivity index (χ0v) is 41.2. The average molecular weight is 936 g/mol. The van der Waals surface area contributed by atoms with Crippen LogP contribution in [0.3, 0.4) is 0 Å². The summed E-state index contributed by atoms with van der Waals surface area (Å²) < 4.78 is 17.4. The number of rotatable bonds is 39. The van der Waals surface area contributed by atoms with Gasteiger partial charge in [0, 0.05) is 6.42 Å². The van der Waals surface area contributed by atoms with Crippen LogP contribution in [0.2, 0.25) is 0 Å². The number of allylic oxidation sites excluding steroid dienone is 19. The molecule has 6 N–H and O–H groups in total. The molecule has 0 aliphatic carbocycles. The van der Waals surface area contributed by atoms with Gasteiger partial charge in [-0.1, -0.05) is 206 Å². The Morgan fingerprint density at radius 2 is 1.07 bits per heavy atom. The monoisotopic (exact) mass is 936 g/mol. The third kappa shape index (κ3) is 32.4. The maximum Gasteiger partial charge on any atom is 0.306 e. The third-order valence-electron chi connectivity index (χ3n) is 11.1. The van der Waals surface area contributed by atoms with Crippen molar-refractivity contribution in [2.75, 3.05) is 13.2 Å². The minimum Gasteiger partial charge on any atom is -0.454 e. The highest BCUT2D eigenvalue weighted by Gasteiger charge is 2.47. The molecule has 1 saturated heterocycles. The van der Waals surface area contributed by atoms with Crippen LogP contribution in [0, 0.1) is 0 Å². The molecule has 1 rings (SSSR count). The van der Waals surface area contributed by atoms with Gasteiger partial charge >= 0.3 is 5.97 Å². The third-order valence-corrected chi connectivity index (χ3v) is 11.1. The maximum atomic E-state index is 13.3. The number of nitrogens with one attached hydrogen (secondary N) is 1. The Morgan fingerprint density at radius 1 is 0.597 bits per heavy atom. The van der Waals surface area contributed by atoms with Crippen molar-refractivity contribution in [2.24, 2.45) is 0 Å². The summed E-state index contributed by atoms with van der Waals surface area (Å²) >= 11 is 0. The molecule has 1 aliphatic rings. The van der Waals surface area contributed by atoms with Gasteiger partial charge in [-0.15, -0.1) is 0 Å². The molecule has 0 spiro atoms. The minimum absolute atomic E-state index is 0.0615. The molecule has 1 fully saturated rings. The highest BCUT2D eigenvalue weighted by atomic mass is 16.7. The number of ether oxygens (including phenoxy) is 3. The number of carbonyl (C=O) groups excluding carboxylic acids is 2. The van der Waals surface area contributed by atoms with Gasteiger partial charge in [-0.05, 0) is 64.2 Å². The summed E-state index contributed by atoms with van der Waals surface area (Å²) in [5, 5.41) is 56.5. The summed E-state index contributed by atoms with van der Waals surface area (Å²) in [6.07, 6.45) is 48.3. The fraction of sp³-hybridized carbons (Fsp3) is 0.607. The Morgan fingerprint density at radius 3 is 1.61 bits per heavy atom. The molecule has 11 heteroatoms. The SMILES string of the molecule is CC/C=C/C=C/C=C\C=C/C=C/CCCCCC(=O)OC1C(OCC(NC(=O)C(O)CCCC\C=C/C=C\C=C\C=C\CC)C(O)/C=C/CCCCCCCCCCC)OC(CO)C(O)C1O. The number of aliphatic hydroxyl groups is 5. The van der Waals surface area contributed by atoms with Crippen LogP contribution in [-0.4, -0.2) is 99.6 Å². The summed E-state index contributed by atoms with van der Waals surface area (Å²) in [5.41, 5.74) is 0. The van der Waals surface area contributed by atoms with E-state index in [-0.39, 0.29) is 19.4 Å². The number of unbranched alkanes of at least 4 members (excludes halogenated alkanes) is 14. The van der Waals surface area contributed by atoms with Gasteiger partial charge in [0.2, 0.25) is 5.91 Å². The first-order chi connectivity index (χ1) is 32.7. The summed E-state index contributed by atoms with van der Waals surface area (Å²) in [6, 6.07) is -1.06. The predicted molar refractivity (Wildman–Crippen MR) is 273 cm³/mol. The van der Waals surface area contributed by atoms with Gasteiger partial charge in [0.05, 0.1) is 25.4 Å². The van der Waals surface area contributed by atoms with Crippen molar-refractivity contribution in [3.05, 3.63) is 122 Å². The minimum atomic E-state index is -1.64. The largest absolute Gasteiger partial charge is 0.454 e. The smallest absolute Gasteiger partial charge is 0.306 e. The number of carbonyl (C=O) groups is 2. The number of amides is 1. The van der Waals surface area contributed by atoms with Crippen molar-refractivity contribution in [3.63, 3.8) is 0 Å². The highest BCUT2D eigenvalue weighted by molar-refractivity contribution is 5.80. The lowest BCUT2D eigenvalue weighted by Crippen LogP contribution is -2.61. The second kappa shape index (κ2) is 43.3. The summed E-state index contributed by atoms with van der Waals surface area (Å²) in [4.78, 5) is 26.3. The fourth-order valence-corrected chi connectivity index (χ4v) is 7.03. The van der Waals surface area contributed by atoms with Crippen LogP contribution < -0.4 is 5.32 Å².